The summed E-state index contributed by atoms with van der Waals surface area (Å²) in [4.78, 5) is 26.1. The fraction of sp³-hybridized carbons (Fsp3) is 0.222. The predicted octanol–water partition coefficient (Wildman–Crippen LogP) is 5.37. The topological polar surface area (TPSA) is 72.8 Å². The molecule has 7 nitrogen and oxygen atoms in total. The van der Waals surface area contributed by atoms with Crippen LogP contribution in [0.15, 0.2) is 59.5 Å². The summed E-state index contributed by atoms with van der Waals surface area (Å²) in [6.45, 7) is 7.92. The van der Waals surface area contributed by atoms with Gasteiger partial charge < -0.3 is 14.8 Å². The number of aromatic nitrogens is 1. The summed E-state index contributed by atoms with van der Waals surface area (Å²) in [7, 11) is 0. The second kappa shape index (κ2) is 11.0. The molecule has 0 unspecified atom stereocenters. The van der Waals surface area contributed by atoms with Gasteiger partial charge in [0.25, 0.3) is 11.8 Å². The molecule has 1 fully saturated rings. The van der Waals surface area contributed by atoms with E-state index < -0.39 is 0 Å². The van der Waals surface area contributed by atoms with Gasteiger partial charge in [0.15, 0.2) is 22.4 Å². The summed E-state index contributed by atoms with van der Waals surface area (Å²) in [6, 6.07) is 16.8. The Morgan fingerprint density at radius 2 is 1.75 bits per heavy atom. The molecule has 2 amide bonds. The molecule has 0 radical (unpaired) electrons. The number of aryl methyl sites for hydroxylation is 3. The van der Waals surface area contributed by atoms with Crippen molar-refractivity contribution in [1.82, 2.24) is 4.68 Å². The van der Waals surface area contributed by atoms with Crippen LogP contribution < -0.4 is 19.8 Å². The Hall–Kier alpha value is -3.56. The fourth-order valence-electron chi connectivity index (χ4n) is 3.80. The Labute approximate surface area is 220 Å². The molecule has 0 atom stereocenters. The Morgan fingerprint density at radius 3 is 2.44 bits per heavy atom. The van der Waals surface area contributed by atoms with Crippen molar-refractivity contribution in [3.05, 3.63) is 82.0 Å². The van der Waals surface area contributed by atoms with E-state index in [0.717, 1.165) is 28.2 Å². The van der Waals surface area contributed by atoms with Crippen molar-refractivity contribution in [2.24, 2.45) is 0 Å². The highest BCUT2D eigenvalue weighted by Gasteiger charge is 2.34. The fourth-order valence-corrected chi connectivity index (χ4v) is 5.05. The van der Waals surface area contributed by atoms with Crippen LogP contribution in [0.4, 0.5) is 5.69 Å². The lowest BCUT2D eigenvalue weighted by Crippen LogP contribution is -2.39. The van der Waals surface area contributed by atoms with Crippen LogP contribution in [0.2, 0.25) is 0 Å². The van der Waals surface area contributed by atoms with E-state index >= 15 is 0 Å². The van der Waals surface area contributed by atoms with E-state index in [1.54, 1.807) is 18.2 Å². The van der Waals surface area contributed by atoms with Crippen molar-refractivity contribution in [3.8, 4) is 11.5 Å². The van der Waals surface area contributed by atoms with Gasteiger partial charge >= 0.3 is 0 Å². The normalized spacial score (nSPS) is 14.4. The molecule has 2 aromatic carbocycles. The highest BCUT2D eigenvalue weighted by atomic mass is 32.2. The standard InChI is InChI=1S/C27H27N3O4S2/c1-5-33-23-14-20(12-13-22(23)34-16-25(31)28-21-9-7-6-8-17(21)2)15-24-26(32)30(27(35)36-24)29-18(3)10-11-19(29)4/h6-15H,5,16H2,1-4H3,(H,28,31)/b24-15-. The number of ether oxygens (including phenoxy) is 2. The van der Waals surface area contributed by atoms with E-state index in [1.165, 1.54) is 16.8 Å². The second-order valence-corrected chi connectivity index (χ2v) is 9.89. The molecule has 1 aliphatic rings. The first kappa shape index (κ1) is 25.5. The van der Waals surface area contributed by atoms with Gasteiger partial charge in [0.1, 0.15) is 0 Å². The maximum atomic E-state index is 13.2. The number of para-hydroxylation sites is 1. The number of benzene rings is 2. The van der Waals surface area contributed by atoms with Gasteiger partial charge in [0.2, 0.25) is 0 Å². The number of nitrogens with zero attached hydrogens (tertiary/aromatic N) is 2. The van der Waals surface area contributed by atoms with E-state index in [-0.39, 0.29) is 18.4 Å². The molecule has 1 aliphatic heterocycles. The quantitative estimate of drug-likeness (QED) is 0.318. The van der Waals surface area contributed by atoms with Crippen LogP contribution in [-0.4, -0.2) is 34.0 Å². The van der Waals surface area contributed by atoms with Gasteiger partial charge in [-0.25, -0.2) is 0 Å². The van der Waals surface area contributed by atoms with Crippen molar-refractivity contribution in [2.45, 2.75) is 27.7 Å². The zero-order valence-corrected chi connectivity index (χ0v) is 22.2. The van der Waals surface area contributed by atoms with Crippen LogP contribution in [-0.2, 0) is 9.59 Å². The molecule has 2 heterocycles. The first-order valence-corrected chi connectivity index (χ1v) is 12.7. The summed E-state index contributed by atoms with van der Waals surface area (Å²) in [5, 5.41) is 4.37. The van der Waals surface area contributed by atoms with E-state index in [1.807, 2.05) is 74.8 Å². The predicted molar refractivity (Wildman–Crippen MR) is 148 cm³/mol. The average molecular weight is 522 g/mol. The van der Waals surface area contributed by atoms with Gasteiger partial charge in [0, 0.05) is 17.1 Å². The number of hydrogen-bond donors (Lipinski definition) is 1. The van der Waals surface area contributed by atoms with Crippen molar-refractivity contribution < 1.29 is 19.1 Å². The molecule has 186 valence electrons. The Bertz CT molecular complexity index is 1340. The monoisotopic (exact) mass is 521 g/mol. The maximum absolute atomic E-state index is 13.2. The summed E-state index contributed by atoms with van der Waals surface area (Å²) >= 11 is 6.76. The number of anilines is 1. The molecule has 0 bridgehead atoms. The third-order valence-electron chi connectivity index (χ3n) is 5.55. The van der Waals surface area contributed by atoms with Gasteiger partial charge in [-0.2, -0.15) is 5.01 Å². The van der Waals surface area contributed by atoms with E-state index in [4.69, 9.17) is 21.7 Å². The highest BCUT2D eigenvalue weighted by Crippen LogP contribution is 2.35. The lowest BCUT2D eigenvalue weighted by atomic mass is 10.2. The van der Waals surface area contributed by atoms with Gasteiger partial charge in [-0.3, -0.25) is 14.3 Å². The van der Waals surface area contributed by atoms with Gasteiger partial charge in [-0.1, -0.05) is 36.0 Å². The zero-order chi connectivity index (χ0) is 25.8. The number of rotatable bonds is 8. The number of carbonyl (C=O) groups is 2. The molecule has 0 saturated carbocycles. The Morgan fingerprint density at radius 1 is 1.03 bits per heavy atom. The minimum Gasteiger partial charge on any atom is -0.490 e. The second-order valence-electron chi connectivity index (χ2n) is 8.21. The molecular formula is C27H27N3O4S2. The average Bonchev–Trinajstić information content (AvgIpc) is 3.31. The first-order chi connectivity index (χ1) is 17.3. The van der Waals surface area contributed by atoms with Gasteiger partial charge in [0.05, 0.1) is 11.5 Å². The summed E-state index contributed by atoms with van der Waals surface area (Å²) < 4.78 is 13.8. The van der Waals surface area contributed by atoms with Crippen molar-refractivity contribution in [2.75, 3.05) is 23.5 Å². The summed E-state index contributed by atoms with van der Waals surface area (Å²) in [5.74, 6) is 0.483. The van der Waals surface area contributed by atoms with Crippen LogP contribution in [0.1, 0.15) is 29.4 Å². The third kappa shape index (κ3) is 5.47. The number of hydrogen-bond acceptors (Lipinski definition) is 6. The largest absolute Gasteiger partial charge is 0.490 e. The zero-order valence-electron chi connectivity index (χ0n) is 20.5. The number of thiocarbonyl (C=S) groups is 1. The molecule has 1 aromatic heterocycles. The van der Waals surface area contributed by atoms with Gasteiger partial charge in [-0.05, 0) is 87.4 Å². The SMILES string of the molecule is CCOc1cc(/C=C2\SC(=S)N(n3c(C)ccc3C)C2=O)ccc1OCC(=O)Nc1ccccc1C. The smallest absolute Gasteiger partial charge is 0.285 e. The Balaban J connectivity index is 1.50. The molecule has 0 aliphatic carbocycles. The number of carbonyl (C=O) groups excluding carboxylic acids is 2. The van der Waals surface area contributed by atoms with Crippen molar-refractivity contribution in [3.63, 3.8) is 0 Å². The minimum atomic E-state index is -0.268. The minimum absolute atomic E-state index is 0.165. The maximum Gasteiger partial charge on any atom is 0.285 e. The molecule has 0 spiro atoms. The molecule has 9 heteroatoms. The van der Waals surface area contributed by atoms with Crippen LogP contribution in [0.25, 0.3) is 6.08 Å². The molecular weight excluding hydrogens is 494 g/mol. The number of nitrogens with one attached hydrogen (secondary N) is 1. The lowest BCUT2D eigenvalue weighted by Gasteiger charge is -2.20. The van der Waals surface area contributed by atoms with E-state index in [9.17, 15) is 9.59 Å². The highest BCUT2D eigenvalue weighted by molar-refractivity contribution is 8.27. The summed E-state index contributed by atoms with van der Waals surface area (Å²) in [6.07, 6.45) is 1.78. The molecule has 1 saturated heterocycles. The van der Waals surface area contributed by atoms with Crippen LogP contribution >= 0.6 is 24.0 Å². The van der Waals surface area contributed by atoms with E-state index in [0.29, 0.717) is 27.3 Å². The van der Waals surface area contributed by atoms with Crippen LogP contribution in [0.3, 0.4) is 0 Å². The van der Waals surface area contributed by atoms with Crippen LogP contribution in [0, 0.1) is 20.8 Å². The molecule has 4 rings (SSSR count). The number of thioether (sulfide) groups is 1. The molecule has 1 N–H and O–H groups in total. The number of amides is 2. The third-order valence-corrected chi connectivity index (χ3v) is 6.83. The van der Waals surface area contributed by atoms with Crippen molar-refractivity contribution in [1.29, 1.82) is 0 Å². The van der Waals surface area contributed by atoms with Gasteiger partial charge in [-0.15, -0.1) is 0 Å². The molecule has 36 heavy (non-hydrogen) atoms. The first-order valence-electron chi connectivity index (χ1n) is 11.5. The van der Waals surface area contributed by atoms with E-state index in [2.05, 4.69) is 5.32 Å². The molecule has 3 aromatic rings. The summed E-state index contributed by atoms with van der Waals surface area (Å²) in [5.41, 5.74) is 4.33. The Kier molecular flexibility index (Phi) is 7.81. The van der Waals surface area contributed by atoms with Crippen LogP contribution in [0.5, 0.6) is 11.5 Å². The lowest BCUT2D eigenvalue weighted by molar-refractivity contribution is -0.118. The van der Waals surface area contributed by atoms with Crippen molar-refractivity contribution >= 4 is 51.9 Å².